The topological polar surface area (TPSA) is 66.5 Å². The van der Waals surface area contributed by atoms with Crippen LogP contribution >= 0.6 is 0 Å². The van der Waals surface area contributed by atoms with E-state index in [1.807, 2.05) is 62.4 Å². The molecule has 1 heterocycles. The third-order valence-corrected chi connectivity index (χ3v) is 7.37. The third kappa shape index (κ3) is 3.59. The van der Waals surface area contributed by atoms with E-state index in [-0.39, 0.29) is 16.8 Å². The fourth-order valence-corrected chi connectivity index (χ4v) is 5.70. The zero-order chi connectivity index (χ0) is 21.3. The van der Waals surface area contributed by atoms with Gasteiger partial charge in [0.25, 0.3) is 15.9 Å². The first-order valence-corrected chi connectivity index (χ1v) is 11.5. The minimum atomic E-state index is -3.79. The van der Waals surface area contributed by atoms with Gasteiger partial charge >= 0.3 is 0 Å². The van der Waals surface area contributed by atoms with Crippen molar-refractivity contribution < 1.29 is 13.2 Å². The monoisotopic (exact) mass is 420 g/mol. The first-order valence-electron chi connectivity index (χ1n) is 10.0. The Labute approximate surface area is 177 Å². The Kier molecular flexibility index (Phi) is 5.35. The second kappa shape index (κ2) is 7.95. The van der Waals surface area contributed by atoms with E-state index in [1.54, 1.807) is 18.2 Å². The van der Waals surface area contributed by atoms with Gasteiger partial charge in [-0.3, -0.25) is 9.10 Å². The van der Waals surface area contributed by atoms with Crippen molar-refractivity contribution in [1.29, 1.82) is 0 Å². The summed E-state index contributed by atoms with van der Waals surface area (Å²) in [5.74, 6) is -0.331. The van der Waals surface area contributed by atoms with Crippen LogP contribution in [-0.4, -0.2) is 20.4 Å². The largest absolute Gasteiger partial charge is 0.322 e. The van der Waals surface area contributed by atoms with Crippen LogP contribution in [0.2, 0.25) is 0 Å². The molecule has 0 aliphatic carbocycles. The number of nitrogens with one attached hydrogen (secondary N) is 1. The number of benzene rings is 3. The molecule has 1 aliphatic heterocycles. The lowest BCUT2D eigenvalue weighted by molar-refractivity contribution is 0.102. The molecule has 0 radical (unpaired) electrons. The van der Waals surface area contributed by atoms with E-state index in [0.717, 1.165) is 23.2 Å². The first kappa shape index (κ1) is 20.2. The quantitative estimate of drug-likeness (QED) is 0.654. The smallest absolute Gasteiger partial charge is 0.264 e. The van der Waals surface area contributed by atoms with Crippen molar-refractivity contribution in [3.05, 3.63) is 89.5 Å². The van der Waals surface area contributed by atoms with Crippen LogP contribution < -0.4 is 9.62 Å². The van der Waals surface area contributed by atoms with Gasteiger partial charge in [0, 0.05) is 17.3 Å². The summed E-state index contributed by atoms with van der Waals surface area (Å²) in [5, 5.41) is 2.90. The van der Waals surface area contributed by atoms with Crippen molar-refractivity contribution in [2.45, 2.75) is 37.6 Å². The standard InChI is InChI=1S/C24H24N2O3S/c1-3-18-9-4-6-13-22(18)25-24(27)20-11-8-12-21(16-20)30(28,29)26-17(2)15-19-10-5-7-14-23(19)26/h4-14,16-17H,3,15H2,1-2H3,(H,25,27)/t17-/m1/s1. The van der Waals surface area contributed by atoms with E-state index in [4.69, 9.17) is 0 Å². The molecule has 30 heavy (non-hydrogen) atoms. The number of carbonyl (C=O) groups is 1. The molecule has 0 unspecified atom stereocenters. The summed E-state index contributed by atoms with van der Waals surface area (Å²) in [6, 6.07) is 21.2. The highest BCUT2D eigenvalue weighted by atomic mass is 32.2. The molecule has 4 rings (SSSR count). The summed E-state index contributed by atoms with van der Waals surface area (Å²) < 4.78 is 28.3. The maximum Gasteiger partial charge on any atom is 0.264 e. The van der Waals surface area contributed by atoms with E-state index in [0.29, 0.717) is 17.7 Å². The second-order valence-corrected chi connectivity index (χ2v) is 9.29. The van der Waals surface area contributed by atoms with Crippen molar-refractivity contribution in [1.82, 2.24) is 0 Å². The summed E-state index contributed by atoms with van der Waals surface area (Å²) in [4.78, 5) is 12.9. The molecule has 3 aromatic rings. The SMILES string of the molecule is CCc1ccccc1NC(=O)c1cccc(S(=O)(=O)N2c3ccccc3C[C@H]2C)c1. The number of nitrogens with zero attached hydrogens (tertiary/aromatic N) is 1. The van der Waals surface area contributed by atoms with Gasteiger partial charge in [-0.05, 0) is 61.2 Å². The Morgan fingerprint density at radius 1 is 1.03 bits per heavy atom. The van der Waals surface area contributed by atoms with Gasteiger partial charge in [-0.25, -0.2) is 8.42 Å². The molecule has 0 aromatic heterocycles. The van der Waals surface area contributed by atoms with Crippen molar-refractivity contribution >= 4 is 27.3 Å². The van der Waals surface area contributed by atoms with Crippen LogP contribution in [0.4, 0.5) is 11.4 Å². The highest BCUT2D eigenvalue weighted by Crippen LogP contribution is 2.36. The number of amides is 1. The normalized spacial score (nSPS) is 15.7. The molecule has 1 amide bonds. The molecule has 3 aromatic carbocycles. The lowest BCUT2D eigenvalue weighted by Crippen LogP contribution is -2.35. The molecule has 0 saturated heterocycles. The van der Waals surface area contributed by atoms with Crippen molar-refractivity contribution in [3.8, 4) is 0 Å². The maximum absolute atomic E-state index is 13.4. The van der Waals surface area contributed by atoms with Gasteiger partial charge in [-0.2, -0.15) is 0 Å². The molecule has 1 N–H and O–H groups in total. The molecule has 0 saturated carbocycles. The van der Waals surface area contributed by atoms with Gasteiger partial charge in [-0.15, -0.1) is 0 Å². The Balaban J connectivity index is 1.65. The number of para-hydroxylation sites is 2. The molecule has 6 heteroatoms. The van der Waals surface area contributed by atoms with Crippen LogP contribution in [0.1, 0.15) is 35.3 Å². The number of rotatable bonds is 5. The van der Waals surface area contributed by atoms with E-state index in [1.165, 1.54) is 10.4 Å². The molecule has 1 atom stereocenters. The number of hydrogen-bond acceptors (Lipinski definition) is 3. The van der Waals surface area contributed by atoms with Crippen molar-refractivity contribution in [3.63, 3.8) is 0 Å². The van der Waals surface area contributed by atoms with E-state index < -0.39 is 10.0 Å². The fraction of sp³-hybridized carbons (Fsp3) is 0.208. The molecule has 1 aliphatic rings. The summed E-state index contributed by atoms with van der Waals surface area (Å²) in [6.45, 7) is 3.92. The van der Waals surface area contributed by atoms with E-state index >= 15 is 0 Å². The Hall–Kier alpha value is -3.12. The van der Waals surface area contributed by atoms with Crippen LogP contribution in [0, 0.1) is 0 Å². The molecule has 5 nitrogen and oxygen atoms in total. The molecule has 0 fully saturated rings. The Bertz CT molecular complexity index is 1200. The number of hydrogen-bond donors (Lipinski definition) is 1. The maximum atomic E-state index is 13.4. The zero-order valence-corrected chi connectivity index (χ0v) is 17.8. The average Bonchev–Trinajstić information content (AvgIpc) is 3.10. The van der Waals surface area contributed by atoms with Gasteiger partial charge in [0.05, 0.1) is 10.6 Å². The first-order chi connectivity index (χ1) is 14.4. The van der Waals surface area contributed by atoms with Gasteiger partial charge in [0.2, 0.25) is 0 Å². The molecular formula is C24H24N2O3S. The Morgan fingerprint density at radius 2 is 1.77 bits per heavy atom. The molecule has 0 bridgehead atoms. The number of aryl methyl sites for hydroxylation is 1. The zero-order valence-electron chi connectivity index (χ0n) is 17.0. The highest BCUT2D eigenvalue weighted by molar-refractivity contribution is 7.92. The number of anilines is 2. The Morgan fingerprint density at radius 3 is 2.57 bits per heavy atom. The number of fused-ring (bicyclic) bond motifs is 1. The summed E-state index contributed by atoms with van der Waals surface area (Å²) in [7, 11) is -3.79. The third-order valence-electron chi connectivity index (χ3n) is 5.44. The second-order valence-electron chi connectivity index (χ2n) is 7.48. The summed E-state index contributed by atoms with van der Waals surface area (Å²) >= 11 is 0. The van der Waals surface area contributed by atoms with Gasteiger partial charge < -0.3 is 5.32 Å². The average molecular weight is 421 g/mol. The fourth-order valence-electron chi connectivity index (χ4n) is 3.96. The van der Waals surface area contributed by atoms with Crippen LogP contribution in [-0.2, 0) is 22.9 Å². The lowest BCUT2D eigenvalue weighted by Gasteiger charge is -2.24. The summed E-state index contributed by atoms with van der Waals surface area (Å²) in [6.07, 6.45) is 1.46. The van der Waals surface area contributed by atoms with Crippen LogP contribution in [0.15, 0.2) is 77.7 Å². The summed E-state index contributed by atoms with van der Waals surface area (Å²) in [5.41, 5.74) is 3.79. The number of carbonyl (C=O) groups excluding carboxylic acids is 1. The molecular weight excluding hydrogens is 396 g/mol. The predicted molar refractivity (Wildman–Crippen MR) is 119 cm³/mol. The minimum absolute atomic E-state index is 0.113. The highest BCUT2D eigenvalue weighted by Gasteiger charge is 2.36. The number of sulfonamides is 1. The van der Waals surface area contributed by atoms with Crippen molar-refractivity contribution in [2.75, 3.05) is 9.62 Å². The van der Waals surface area contributed by atoms with Crippen LogP contribution in [0.3, 0.4) is 0 Å². The van der Waals surface area contributed by atoms with E-state index in [9.17, 15) is 13.2 Å². The van der Waals surface area contributed by atoms with Crippen LogP contribution in [0.5, 0.6) is 0 Å². The van der Waals surface area contributed by atoms with Gasteiger partial charge in [0.1, 0.15) is 0 Å². The minimum Gasteiger partial charge on any atom is -0.322 e. The van der Waals surface area contributed by atoms with E-state index in [2.05, 4.69) is 5.32 Å². The van der Waals surface area contributed by atoms with Crippen LogP contribution in [0.25, 0.3) is 0 Å². The molecule has 154 valence electrons. The van der Waals surface area contributed by atoms with Gasteiger partial charge in [-0.1, -0.05) is 49.4 Å². The predicted octanol–water partition coefficient (Wildman–Crippen LogP) is 4.64. The van der Waals surface area contributed by atoms with Crippen molar-refractivity contribution in [2.24, 2.45) is 0 Å². The van der Waals surface area contributed by atoms with Gasteiger partial charge in [0.15, 0.2) is 0 Å². The lowest BCUT2D eigenvalue weighted by atomic mass is 10.1. The molecule has 0 spiro atoms.